The van der Waals surface area contributed by atoms with E-state index in [2.05, 4.69) is 28.8 Å². The van der Waals surface area contributed by atoms with E-state index in [1.807, 2.05) is 62.4 Å². The zero-order chi connectivity index (χ0) is 33.1. The van der Waals surface area contributed by atoms with Crippen LogP contribution in [0.4, 0.5) is 0 Å². The van der Waals surface area contributed by atoms with Crippen LogP contribution in [0.25, 0.3) is 10.8 Å². The van der Waals surface area contributed by atoms with Gasteiger partial charge in [-0.15, -0.1) is 0 Å². The van der Waals surface area contributed by atoms with Crippen LogP contribution in [0.3, 0.4) is 0 Å². The number of aryl methyl sites for hydroxylation is 1. The van der Waals surface area contributed by atoms with Crippen LogP contribution < -0.4 is 16.4 Å². The second kappa shape index (κ2) is 17.2. The van der Waals surface area contributed by atoms with Gasteiger partial charge >= 0.3 is 0 Å². The van der Waals surface area contributed by atoms with Gasteiger partial charge in [-0.1, -0.05) is 100 Å². The number of nitrogens with one attached hydrogen (secondary N) is 2. The van der Waals surface area contributed by atoms with Crippen molar-refractivity contribution in [3.63, 3.8) is 0 Å². The lowest BCUT2D eigenvalue weighted by Gasteiger charge is -2.28. The Kier molecular flexibility index (Phi) is 13.1. The van der Waals surface area contributed by atoms with Gasteiger partial charge in [0.2, 0.25) is 11.8 Å². The third-order valence-corrected chi connectivity index (χ3v) is 9.67. The van der Waals surface area contributed by atoms with E-state index in [1.54, 1.807) is 6.92 Å². The first-order chi connectivity index (χ1) is 22.2. The summed E-state index contributed by atoms with van der Waals surface area (Å²) >= 11 is 0. The largest absolute Gasteiger partial charge is 0.349 e. The lowest BCUT2D eigenvalue weighted by molar-refractivity contribution is -0.135. The first kappa shape index (κ1) is 35.0. The van der Waals surface area contributed by atoms with Crippen molar-refractivity contribution in [2.75, 3.05) is 6.54 Å². The fourth-order valence-corrected chi connectivity index (χ4v) is 6.60. The van der Waals surface area contributed by atoms with Crippen molar-refractivity contribution in [3.8, 4) is 0 Å². The van der Waals surface area contributed by atoms with Gasteiger partial charge < -0.3 is 16.4 Å². The summed E-state index contributed by atoms with van der Waals surface area (Å²) in [5, 5.41) is 8.48. The van der Waals surface area contributed by atoms with Crippen molar-refractivity contribution < 1.29 is 19.2 Å². The van der Waals surface area contributed by atoms with Crippen LogP contribution in [0.2, 0.25) is 0 Å². The summed E-state index contributed by atoms with van der Waals surface area (Å²) in [6, 6.07) is 21.5. The smallest absolute Gasteiger partial charge is 0.224 e. The molecule has 2 amide bonds. The highest BCUT2D eigenvalue weighted by Gasteiger charge is 2.34. The summed E-state index contributed by atoms with van der Waals surface area (Å²) in [6.45, 7) is 6.28. The van der Waals surface area contributed by atoms with Crippen molar-refractivity contribution in [2.45, 2.75) is 97.1 Å². The Hall–Kier alpha value is -3.84. The van der Waals surface area contributed by atoms with E-state index < -0.39 is 17.9 Å². The lowest BCUT2D eigenvalue weighted by atomic mass is 9.86. The maximum absolute atomic E-state index is 14.0. The molecular formula is C39H51N3O4. The predicted molar refractivity (Wildman–Crippen MR) is 184 cm³/mol. The van der Waals surface area contributed by atoms with E-state index in [9.17, 15) is 19.2 Å². The van der Waals surface area contributed by atoms with Crippen LogP contribution in [0.5, 0.6) is 0 Å². The number of carbonyl (C=O) groups excluding carboxylic acids is 4. The summed E-state index contributed by atoms with van der Waals surface area (Å²) < 4.78 is 0. The highest BCUT2D eigenvalue weighted by Crippen LogP contribution is 2.31. The molecule has 1 aliphatic carbocycles. The molecule has 5 atom stereocenters. The van der Waals surface area contributed by atoms with Gasteiger partial charge in [-0.3, -0.25) is 19.2 Å². The van der Waals surface area contributed by atoms with Crippen molar-refractivity contribution in [3.05, 3.63) is 83.4 Å². The monoisotopic (exact) mass is 625 g/mol. The van der Waals surface area contributed by atoms with Crippen LogP contribution in [-0.4, -0.2) is 36.0 Å². The average Bonchev–Trinajstić information content (AvgIpc) is 3.48. The molecule has 4 rings (SSSR count). The Labute approximate surface area is 274 Å². The first-order valence-electron chi connectivity index (χ1n) is 17.1. The molecule has 4 N–H and O–H groups in total. The number of rotatable bonds is 18. The van der Waals surface area contributed by atoms with Gasteiger partial charge in [0.15, 0.2) is 5.78 Å². The van der Waals surface area contributed by atoms with Gasteiger partial charge in [-0.2, -0.15) is 0 Å². The summed E-state index contributed by atoms with van der Waals surface area (Å²) in [6.07, 6.45) is 5.43. The van der Waals surface area contributed by atoms with E-state index in [-0.39, 0.29) is 48.2 Å². The Balaban J connectivity index is 1.49. The highest BCUT2D eigenvalue weighted by atomic mass is 16.2. The summed E-state index contributed by atoms with van der Waals surface area (Å²) in [5.41, 5.74) is 9.12. The van der Waals surface area contributed by atoms with Crippen molar-refractivity contribution in [1.29, 1.82) is 0 Å². The minimum absolute atomic E-state index is 0.0116. The summed E-state index contributed by atoms with van der Waals surface area (Å²) in [4.78, 5) is 54.1. The molecular weight excluding hydrogens is 574 g/mol. The van der Waals surface area contributed by atoms with Gasteiger partial charge in [0.05, 0.1) is 12.1 Å². The topological polar surface area (TPSA) is 118 Å². The standard InChI is InChI=1S/C39H51N3O4/c1-4-26(3)37(42-39(46)32(24-33(43)5-2)23-27-17-18-28-12-6-7-14-30(28)22-27)36(44)25-31(15-10-11-21-40)38(45)41-35-20-19-29-13-8-9-16-34(29)35/h6-9,12-14,16-18,22,26,31-32,35,37H,4-5,10-11,15,19-21,23-25,40H2,1-3H3,(H,41,45)(H,42,46)/t26-,31+,32+,35-,37-/m0/s1. The number of fused-ring (bicyclic) bond motifs is 2. The first-order valence-corrected chi connectivity index (χ1v) is 17.1. The van der Waals surface area contributed by atoms with E-state index in [1.165, 1.54) is 5.56 Å². The molecule has 0 radical (unpaired) electrons. The molecule has 0 bridgehead atoms. The van der Waals surface area contributed by atoms with Crippen LogP contribution >= 0.6 is 0 Å². The lowest BCUT2D eigenvalue weighted by Crippen LogP contribution is -2.49. The van der Waals surface area contributed by atoms with E-state index in [0.29, 0.717) is 32.2 Å². The SMILES string of the molecule is CCC(=O)C[C@@H](Cc1ccc2ccccc2c1)C(=O)N[C@H](C(=O)C[C@@H](CCCCN)C(=O)N[C@H]1CCc2ccccc21)[C@@H](C)CC. The minimum Gasteiger partial charge on any atom is -0.349 e. The maximum Gasteiger partial charge on any atom is 0.224 e. The molecule has 7 nitrogen and oxygen atoms in total. The van der Waals surface area contributed by atoms with Gasteiger partial charge in [-0.05, 0) is 72.0 Å². The van der Waals surface area contributed by atoms with Crippen LogP contribution in [-0.2, 0) is 32.0 Å². The van der Waals surface area contributed by atoms with Crippen molar-refractivity contribution in [1.82, 2.24) is 10.6 Å². The molecule has 246 valence electrons. The molecule has 1 aliphatic rings. The molecule has 3 aromatic rings. The summed E-state index contributed by atoms with van der Waals surface area (Å²) in [7, 11) is 0. The van der Waals surface area contributed by atoms with Crippen LogP contribution in [0, 0.1) is 17.8 Å². The molecule has 0 spiro atoms. The molecule has 0 heterocycles. The molecule has 0 saturated carbocycles. The van der Waals surface area contributed by atoms with E-state index in [0.717, 1.165) is 47.6 Å². The molecule has 7 heteroatoms. The number of hydrogen-bond acceptors (Lipinski definition) is 5. The Morgan fingerprint density at radius 3 is 2.35 bits per heavy atom. The predicted octanol–water partition coefficient (Wildman–Crippen LogP) is 6.41. The van der Waals surface area contributed by atoms with Crippen molar-refractivity contribution in [2.24, 2.45) is 23.5 Å². The van der Waals surface area contributed by atoms with Gasteiger partial charge in [0, 0.05) is 31.1 Å². The number of nitrogens with two attached hydrogens (primary N) is 1. The number of Topliss-reactive ketones (excluding diaryl/α,β-unsaturated/α-hetero) is 2. The number of unbranched alkanes of at least 4 members (excludes halogenated alkanes) is 1. The molecule has 0 fully saturated rings. The van der Waals surface area contributed by atoms with Gasteiger partial charge in [0.25, 0.3) is 0 Å². The second-order valence-electron chi connectivity index (χ2n) is 13.0. The van der Waals surface area contributed by atoms with E-state index >= 15 is 0 Å². The normalized spacial score (nSPS) is 16.7. The number of carbonyl (C=O) groups is 4. The van der Waals surface area contributed by atoms with E-state index in [4.69, 9.17) is 5.73 Å². The zero-order valence-corrected chi connectivity index (χ0v) is 27.7. The van der Waals surface area contributed by atoms with Gasteiger partial charge in [-0.25, -0.2) is 0 Å². The summed E-state index contributed by atoms with van der Waals surface area (Å²) in [5.74, 6) is -1.78. The highest BCUT2D eigenvalue weighted by molar-refractivity contribution is 5.94. The zero-order valence-electron chi connectivity index (χ0n) is 27.7. The molecule has 0 saturated heterocycles. The Morgan fingerprint density at radius 2 is 1.61 bits per heavy atom. The molecule has 0 aliphatic heterocycles. The Morgan fingerprint density at radius 1 is 0.870 bits per heavy atom. The molecule has 0 aromatic heterocycles. The van der Waals surface area contributed by atoms with Crippen LogP contribution in [0.15, 0.2) is 66.7 Å². The number of hydrogen-bond donors (Lipinski definition) is 3. The maximum atomic E-state index is 14.0. The van der Waals surface area contributed by atoms with Gasteiger partial charge in [0.1, 0.15) is 5.78 Å². The van der Waals surface area contributed by atoms with Crippen molar-refractivity contribution >= 4 is 34.2 Å². The molecule has 3 aromatic carbocycles. The minimum atomic E-state index is -0.745. The molecule has 46 heavy (non-hydrogen) atoms. The number of ketones is 2. The second-order valence-corrected chi connectivity index (χ2v) is 13.0. The third kappa shape index (κ3) is 9.35. The third-order valence-electron chi connectivity index (χ3n) is 9.67. The molecule has 0 unspecified atom stereocenters. The fourth-order valence-electron chi connectivity index (χ4n) is 6.60. The average molecular weight is 626 g/mol. The quantitative estimate of drug-likeness (QED) is 0.141. The Bertz CT molecular complexity index is 1500. The fraction of sp³-hybridized carbons (Fsp3) is 0.487. The number of benzene rings is 3. The number of amides is 2. The van der Waals surface area contributed by atoms with Crippen LogP contribution in [0.1, 0.15) is 94.9 Å².